The molecule has 39 heavy (non-hydrogen) atoms. The Morgan fingerprint density at radius 3 is 2.59 bits per heavy atom. The van der Waals surface area contributed by atoms with E-state index in [2.05, 4.69) is 34.5 Å². The first-order valence-electron chi connectivity index (χ1n) is 13.6. The van der Waals surface area contributed by atoms with E-state index in [1.54, 1.807) is 4.52 Å². The van der Waals surface area contributed by atoms with Crippen molar-refractivity contribution in [3.63, 3.8) is 0 Å². The number of aromatic nitrogens is 4. The van der Waals surface area contributed by atoms with Crippen LogP contribution in [0.2, 0.25) is 0 Å². The number of rotatable bonds is 9. The van der Waals surface area contributed by atoms with Gasteiger partial charge in [0.05, 0.1) is 6.20 Å². The molecule has 10 heteroatoms. The predicted molar refractivity (Wildman–Crippen MR) is 153 cm³/mol. The van der Waals surface area contributed by atoms with Crippen LogP contribution in [0, 0.1) is 0 Å². The van der Waals surface area contributed by atoms with E-state index < -0.39 is 0 Å². The molecule has 0 unspecified atom stereocenters. The summed E-state index contributed by atoms with van der Waals surface area (Å²) in [5.74, 6) is 2.94. The van der Waals surface area contributed by atoms with Crippen molar-refractivity contribution in [3.05, 3.63) is 65.9 Å². The largest absolute Gasteiger partial charge is 0.457 e. The van der Waals surface area contributed by atoms with Crippen molar-refractivity contribution in [2.45, 2.75) is 58.5 Å². The van der Waals surface area contributed by atoms with Crippen LogP contribution in [0.1, 0.15) is 57.1 Å². The van der Waals surface area contributed by atoms with E-state index in [4.69, 9.17) is 20.4 Å². The summed E-state index contributed by atoms with van der Waals surface area (Å²) in [6.07, 6.45) is 4.15. The fourth-order valence-corrected chi connectivity index (χ4v) is 4.57. The number of benzene rings is 2. The highest BCUT2D eigenvalue weighted by Crippen LogP contribution is 2.27. The van der Waals surface area contributed by atoms with Gasteiger partial charge in [-0.25, -0.2) is 0 Å². The minimum Gasteiger partial charge on any atom is -0.457 e. The number of hydrogen-bond donors (Lipinski definition) is 3. The number of carbonyl (C=O) groups is 1. The molecule has 5 rings (SSSR count). The Morgan fingerprint density at radius 2 is 1.85 bits per heavy atom. The molecule has 0 saturated carbocycles. The number of ether oxygens (including phenoxy) is 1. The summed E-state index contributed by atoms with van der Waals surface area (Å²) in [6, 6.07) is 15.5. The van der Waals surface area contributed by atoms with E-state index in [9.17, 15) is 4.79 Å². The Labute approximate surface area is 228 Å². The van der Waals surface area contributed by atoms with Gasteiger partial charge in [-0.15, -0.1) is 0 Å². The molecule has 1 amide bonds. The first-order chi connectivity index (χ1) is 18.9. The molecule has 1 aliphatic rings. The van der Waals surface area contributed by atoms with Crippen molar-refractivity contribution >= 4 is 29.1 Å². The van der Waals surface area contributed by atoms with E-state index in [1.807, 2.05) is 61.7 Å². The van der Waals surface area contributed by atoms with E-state index >= 15 is 0 Å². The average molecular weight is 529 g/mol. The van der Waals surface area contributed by atoms with Crippen LogP contribution >= 0.6 is 0 Å². The fourth-order valence-electron chi connectivity index (χ4n) is 4.57. The standard InChI is InChI=1S/C29H36N8O2/c1-4-26(38)33-22-8-6-10-24(16-22)39-23-9-5-7-20(15-23)17-31-28-35-29(36-13-11-21(30)12-14-36)34-27-25(19(2)3)18-32-37(27)28/h5-10,15-16,18-19,21H,4,11-14,17,30H2,1-3H3,(H,33,38)(H,31,34,35). The third kappa shape index (κ3) is 6.28. The van der Waals surface area contributed by atoms with Crippen molar-refractivity contribution < 1.29 is 9.53 Å². The molecule has 0 bridgehead atoms. The van der Waals surface area contributed by atoms with Crippen molar-refractivity contribution in [1.82, 2.24) is 19.6 Å². The van der Waals surface area contributed by atoms with Crippen LogP contribution in [0.25, 0.3) is 5.65 Å². The maximum absolute atomic E-state index is 11.7. The third-order valence-corrected chi connectivity index (χ3v) is 6.85. The Morgan fingerprint density at radius 1 is 1.10 bits per heavy atom. The van der Waals surface area contributed by atoms with Crippen LogP contribution in [0.15, 0.2) is 54.7 Å². The molecule has 10 nitrogen and oxygen atoms in total. The molecule has 204 valence electrons. The van der Waals surface area contributed by atoms with Crippen molar-refractivity contribution in [2.24, 2.45) is 5.73 Å². The molecule has 3 heterocycles. The van der Waals surface area contributed by atoms with Gasteiger partial charge in [0.15, 0.2) is 5.65 Å². The molecule has 1 saturated heterocycles. The molecular formula is C29H36N8O2. The molecule has 2 aromatic heterocycles. The summed E-state index contributed by atoms with van der Waals surface area (Å²) < 4.78 is 7.88. The lowest BCUT2D eigenvalue weighted by Gasteiger charge is -2.30. The number of nitrogens with two attached hydrogens (primary N) is 1. The van der Waals surface area contributed by atoms with Gasteiger partial charge in [-0.05, 0) is 48.6 Å². The van der Waals surface area contributed by atoms with Crippen LogP contribution < -0.4 is 26.0 Å². The number of nitrogens with zero attached hydrogens (tertiary/aromatic N) is 5. The smallest absolute Gasteiger partial charge is 0.230 e. The maximum atomic E-state index is 11.7. The van der Waals surface area contributed by atoms with Gasteiger partial charge in [0.25, 0.3) is 0 Å². The van der Waals surface area contributed by atoms with Gasteiger partial charge in [-0.2, -0.15) is 19.6 Å². The van der Waals surface area contributed by atoms with E-state index in [1.165, 1.54) is 0 Å². The molecular weight excluding hydrogens is 492 g/mol. The molecule has 4 aromatic rings. The van der Waals surface area contributed by atoms with Crippen molar-refractivity contribution in [3.8, 4) is 11.5 Å². The minimum absolute atomic E-state index is 0.0382. The van der Waals surface area contributed by atoms with E-state index in [0.717, 1.165) is 42.7 Å². The maximum Gasteiger partial charge on any atom is 0.230 e. The quantitative estimate of drug-likeness (QED) is 0.280. The summed E-state index contributed by atoms with van der Waals surface area (Å²) in [5.41, 5.74) is 9.76. The summed E-state index contributed by atoms with van der Waals surface area (Å²) in [5, 5.41) is 10.9. The number of fused-ring (bicyclic) bond motifs is 1. The lowest BCUT2D eigenvalue weighted by Crippen LogP contribution is -2.40. The van der Waals surface area contributed by atoms with Crippen molar-refractivity contribution in [1.29, 1.82) is 0 Å². The molecule has 0 aliphatic carbocycles. The molecule has 0 spiro atoms. The summed E-state index contributed by atoms with van der Waals surface area (Å²) in [4.78, 5) is 23.7. The van der Waals surface area contributed by atoms with E-state index in [0.29, 0.717) is 42.0 Å². The van der Waals surface area contributed by atoms with Crippen molar-refractivity contribution in [2.75, 3.05) is 28.6 Å². The van der Waals surface area contributed by atoms with Gasteiger partial charge in [0, 0.05) is 49.4 Å². The number of carbonyl (C=O) groups excluding carboxylic acids is 1. The number of anilines is 3. The second kappa shape index (κ2) is 11.7. The summed E-state index contributed by atoms with van der Waals surface area (Å²) in [7, 11) is 0. The zero-order chi connectivity index (χ0) is 27.4. The van der Waals surface area contributed by atoms with E-state index in [-0.39, 0.29) is 17.9 Å². The second-order valence-corrected chi connectivity index (χ2v) is 10.2. The highest BCUT2D eigenvalue weighted by Gasteiger charge is 2.22. The van der Waals surface area contributed by atoms with Crippen LogP contribution in [0.4, 0.5) is 17.6 Å². The summed E-state index contributed by atoms with van der Waals surface area (Å²) in [6.45, 7) is 8.31. The normalized spacial score (nSPS) is 14.1. The Kier molecular flexibility index (Phi) is 7.92. The highest BCUT2D eigenvalue weighted by atomic mass is 16.5. The lowest BCUT2D eigenvalue weighted by atomic mass is 10.1. The molecule has 4 N–H and O–H groups in total. The Bertz CT molecular complexity index is 1440. The number of amides is 1. The Balaban J connectivity index is 1.35. The van der Waals surface area contributed by atoms with Crippen LogP contribution in [-0.2, 0) is 11.3 Å². The first kappa shape index (κ1) is 26.4. The topological polar surface area (TPSA) is 123 Å². The fraction of sp³-hybridized carbons (Fsp3) is 0.379. The van der Waals surface area contributed by atoms with Crippen LogP contribution in [0.3, 0.4) is 0 Å². The van der Waals surface area contributed by atoms with Gasteiger partial charge in [0.2, 0.25) is 17.8 Å². The molecule has 0 radical (unpaired) electrons. The predicted octanol–water partition coefficient (Wildman–Crippen LogP) is 4.93. The van der Waals surface area contributed by atoms with Gasteiger partial charge in [-0.3, -0.25) is 4.79 Å². The second-order valence-electron chi connectivity index (χ2n) is 10.2. The Hall–Kier alpha value is -4.18. The third-order valence-electron chi connectivity index (χ3n) is 6.85. The SMILES string of the molecule is CCC(=O)Nc1cccc(Oc2cccc(CNc3nc(N4CCC(N)CC4)nc4c(C(C)C)cnn34)c2)c1. The zero-order valence-corrected chi connectivity index (χ0v) is 22.7. The van der Waals surface area contributed by atoms with Gasteiger partial charge in [0.1, 0.15) is 11.5 Å². The summed E-state index contributed by atoms with van der Waals surface area (Å²) >= 11 is 0. The first-order valence-corrected chi connectivity index (χ1v) is 13.6. The molecule has 0 atom stereocenters. The number of nitrogens with one attached hydrogen (secondary N) is 2. The van der Waals surface area contributed by atoms with Gasteiger partial charge in [-0.1, -0.05) is 39.0 Å². The molecule has 2 aromatic carbocycles. The van der Waals surface area contributed by atoms with Gasteiger partial charge >= 0.3 is 0 Å². The molecule has 1 aliphatic heterocycles. The highest BCUT2D eigenvalue weighted by molar-refractivity contribution is 5.90. The van der Waals surface area contributed by atoms with Crippen LogP contribution in [0.5, 0.6) is 11.5 Å². The minimum atomic E-state index is -0.0382. The lowest BCUT2D eigenvalue weighted by molar-refractivity contribution is -0.115. The van der Waals surface area contributed by atoms with Gasteiger partial charge < -0.3 is 26.0 Å². The average Bonchev–Trinajstić information content (AvgIpc) is 3.37. The monoisotopic (exact) mass is 528 g/mol. The zero-order valence-electron chi connectivity index (χ0n) is 22.7. The van der Waals surface area contributed by atoms with Crippen LogP contribution in [-0.4, -0.2) is 44.6 Å². The number of hydrogen-bond acceptors (Lipinski definition) is 8. The number of piperidine rings is 1. The molecule has 1 fully saturated rings.